The average molecular weight is 337 g/mol. The predicted octanol–water partition coefficient (Wildman–Crippen LogP) is 4.17. The van der Waals surface area contributed by atoms with Crippen LogP contribution >= 0.6 is 0 Å². The molecule has 4 nitrogen and oxygen atoms in total. The molecule has 1 heterocycles. The Bertz CT molecular complexity index is 846. The molecule has 0 aliphatic carbocycles. The molecule has 2 aromatic carbocycles. The molecule has 0 saturated carbocycles. The summed E-state index contributed by atoms with van der Waals surface area (Å²) in [4.78, 5) is 25.2. The number of amides is 1. The number of carbonyl (C=O) groups excluding carboxylic acids is 2. The number of rotatable bonds is 3. The van der Waals surface area contributed by atoms with Crippen molar-refractivity contribution in [3.8, 4) is 5.75 Å². The molecule has 0 fully saturated rings. The molecule has 4 heteroatoms. The van der Waals surface area contributed by atoms with E-state index in [2.05, 4.69) is 26.1 Å². The van der Waals surface area contributed by atoms with Gasteiger partial charge < -0.3 is 10.4 Å². The van der Waals surface area contributed by atoms with Gasteiger partial charge in [0.05, 0.1) is 5.41 Å². The number of phenols is 1. The maximum atomic E-state index is 12.8. The molecular formula is C21H23NO3. The zero-order valence-corrected chi connectivity index (χ0v) is 15.0. The smallest absolute Gasteiger partial charge is 0.235 e. The van der Waals surface area contributed by atoms with Crippen molar-refractivity contribution in [2.45, 2.75) is 44.9 Å². The SMILES string of the molecule is CC(C)(C)c1ccc(C(=O)CC2(C)C(=O)Nc3ccc(O)cc32)cc1. The zero-order valence-electron chi connectivity index (χ0n) is 15.0. The Labute approximate surface area is 147 Å². The van der Waals surface area contributed by atoms with Gasteiger partial charge in [-0.2, -0.15) is 0 Å². The van der Waals surface area contributed by atoms with Gasteiger partial charge in [0.25, 0.3) is 0 Å². The lowest BCUT2D eigenvalue weighted by atomic mass is 9.78. The Kier molecular flexibility index (Phi) is 3.94. The summed E-state index contributed by atoms with van der Waals surface area (Å²) in [5, 5.41) is 12.5. The molecule has 1 aliphatic heterocycles. The van der Waals surface area contributed by atoms with Gasteiger partial charge in [0, 0.05) is 17.7 Å². The van der Waals surface area contributed by atoms with Crippen molar-refractivity contribution in [3.63, 3.8) is 0 Å². The van der Waals surface area contributed by atoms with E-state index < -0.39 is 5.41 Å². The Morgan fingerprint density at radius 3 is 2.36 bits per heavy atom. The van der Waals surface area contributed by atoms with Crippen molar-refractivity contribution in [1.82, 2.24) is 0 Å². The highest BCUT2D eigenvalue weighted by atomic mass is 16.3. The minimum atomic E-state index is -0.978. The number of aromatic hydroxyl groups is 1. The van der Waals surface area contributed by atoms with E-state index in [1.165, 1.54) is 6.07 Å². The first kappa shape index (κ1) is 17.2. The van der Waals surface area contributed by atoms with Gasteiger partial charge in [0.2, 0.25) is 5.91 Å². The highest BCUT2D eigenvalue weighted by Gasteiger charge is 2.44. The summed E-state index contributed by atoms with van der Waals surface area (Å²) in [7, 11) is 0. The molecule has 1 amide bonds. The normalized spacial score (nSPS) is 19.4. The molecule has 1 unspecified atom stereocenters. The number of anilines is 1. The van der Waals surface area contributed by atoms with Crippen molar-refractivity contribution < 1.29 is 14.7 Å². The molecule has 1 aliphatic rings. The number of benzene rings is 2. The highest BCUT2D eigenvalue weighted by Crippen LogP contribution is 2.42. The third kappa shape index (κ3) is 3.04. The molecule has 2 N–H and O–H groups in total. The predicted molar refractivity (Wildman–Crippen MR) is 98.2 cm³/mol. The number of fused-ring (bicyclic) bond motifs is 1. The van der Waals surface area contributed by atoms with E-state index in [9.17, 15) is 14.7 Å². The summed E-state index contributed by atoms with van der Waals surface area (Å²) < 4.78 is 0. The molecule has 130 valence electrons. The van der Waals surface area contributed by atoms with E-state index in [1.54, 1.807) is 19.1 Å². The van der Waals surface area contributed by atoms with Gasteiger partial charge in [0.1, 0.15) is 5.75 Å². The Hall–Kier alpha value is -2.62. The van der Waals surface area contributed by atoms with E-state index in [0.29, 0.717) is 16.8 Å². The maximum Gasteiger partial charge on any atom is 0.235 e. The van der Waals surface area contributed by atoms with Crippen molar-refractivity contribution in [2.75, 3.05) is 5.32 Å². The van der Waals surface area contributed by atoms with E-state index >= 15 is 0 Å². The number of hydrogen-bond donors (Lipinski definition) is 2. The number of ketones is 1. The van der Waals surface area contributed by atoms with Gasteiger partial charge in [0.15, 0.2) is 5.78 Å². The molecular weight excluding hydrogens is 314 g/mol. The second-order valence-electron chi connectivity index (χ2n) is 7.94. The van der Waals surface area contributed by atoms with Crippen molar-refractivity contribution in [1.29, 1.82) is 0 Å². The van der Waals surface area contributed by atoms with Crippen LogP contribution in [-0.2, 0) is 15.6 Å². The lowest BCUT2D eigenvalue weighted by molar-refractivity contribution is -0.120. The molecule has 3 rings (SSSR count). The van der Waals surface area contributed by atoms with E-state index in [4.69, 9.17) is 0 Å². The lowest BCUT2D eigenvalue weighted by Gasteiger charge is -2.22. The zero-order chi connectivity index (χ0) is 18.4. The molecule has 0 saturated heterocycles. The van der Waals surface area contributed by atoms with Crippen LogP contribution in [0.5, 0.6) is 5.75 Å². The quantitative estimate of drug-likeness (QED) is 0.652. The summed E-state index contributed by atoms with van der Waals surface area (Å²) in [6.07, 6.45) is 0.0597. The van der Waals surface area contributed by atoms with Crippen LogP contribution in [-0.4, -0.2) is 16.8 Å². The topological polar surface area (TPSA) is 66.4 Å². The second-order valence-corrected chi connectivity index (χ2v) is 7.94. The fourth-order valence-corrected chi connectivity index (χ4v) is 3.24. The number of carbonyl (C=O) groups is 2. The summed E-state index contributed by atoms with van der Waals surface area (Å²) in [5.74, 6) is -0.217. The molecule has 0 radical (unpaired) electrons. The summed E-state index contributed by atoms with van der Waals surface area (Å²) in [6.45, 7) is 8.11. The van der Waals surface area contributed by atoms with Crippen LogP contribution in [0.15, 0.2) is 42.5 Å². The monoisotopic (exact) mass is 337 g/mol. The molecule has 0 aromatic heterocycles. The first-order valence-electron chi connectivity index (χ1n) is 8.40. The Morgan fingerprint density at radius 2 is 1.76 bits per heavy atom. The van der Waals surface area contributed by atoms with Crippen molar-refractivity contribution in [3.05, 3.63) is 59.2 Å². The number of phenolic OH excluding ortho intramolecular Hbond substituents is 1. The van der Waals surface area contributed by atoms with Gasteiger partial charge in [-0.05, 0) is 41.7 Å². The van der Waals surface area contributed by atoms with Crippen LogP contribution < -0.4 is 5.32 Å². The van der Waals surface area contributed by atoms with Gasteiger partial charge in [-0.15, -0.1) is 0 Å². The van der Waals surface area contributed by atoms with Crippen LogP contribution in [0.3, 0.4) is 0 Å². The van der Waals surface area contributed by atoms with Gasteiger partial charge in [-0.25, -0.2) is 0 Å². The maximum absolute atomic E-state index is 12.8. The van der Waals surface area contributed by atoms with Gasteiger partial charge >= 0.3 is 0 Å². The fraction of sp³-hybridized carbons (Fsp3) is 0.333. The molecule has 0 bridgehead atoms. The van der Waals surface area contributed by atoms with Crippen LogP contribution in [0.2, 0.25) is 0 Å². The van der Waals surface area contributed by atoms with E-state index in [1.807, 2.05) is 24.3 Å². The first-order valence-corrected chi connectivity index (χ1v) is 8.40. The second kappa shape index (κ2) is 5.73. The lowest BCUT2D eigenvalue weighted by Crippen LogP contribution is -2.33. The standard InChI is InChI=1S/C21H23NO3/c1-20(2,3)14-7-5-13(6-8-14)18(24)12-21(4)16-11-15(23)9-10-17(16)22-19(21)25/h5-11,23H,12H2,1-4H3,(H,22,25). The highest BCUT2D eigenvalue weighted by molar-refractivity contribution is 6.10. The van der Waals surface area contributed by atoms with E-state index in [-0.39, 0.29) is 29.3 Å². The fourth-order valence-electron chi connectivity index (χ4n) is 3.24. The summed E-state index contributed by atoms with van der Waals surface area (Å²) >= 11 is 0. The number of Topliss-reactive ketones (excluding diaryl/α,β-unsaturated/α-hetero) is 1. The largest absolute Gasteiger partial charge is 0.508 e. The van der Waals surface area contributed by atoms with Crippen molar-refractivity contribution in [2.24, 2.45) is 0 Å². The summed E-state index contributed by atoms with van der Waals surface area (Å²) in [5.41, 5.74) is 2.11. The van der Waals surface area contributed by atoms with Crippen LogP contribution in [0.1, 0.15) is 55.6 Å². The molecule has 2 aromatic rings. The number of hydrogen-bond acceptors (Lipinski definition) is 3. The van der Waals surface area contributed by atoms with Crippen LogP contribution in [0.25, 0.3) is 0 Å². The van der Waals surface area contributed by atoms with Crippen LogP contribution in [0.4, 0.5) is 5.69 Å². The first-order chi connectivity index (χ1) is 11.6. The van der Waals surface area contributed by atoms with Crippen LogP contribution in [0, 0.1) is 0 Å². The third-order valence-corrected chi connectivity index (χ3v) is 4.93. The molecule has 25 heavy (non-hydrogen) atoms. The third-order valence-electron chi connectivity index (χ3n) is 4.93. The van der Waals surface area contributed by atoms with E-state index in [0.717, 1.165) is 5.56 Å². The summed E-state index contributed by atoms with van der Waals surface area (Å²) in [6, 6.07) is 12.3. The molecule has 0 spiro atoms. The average Bonchev–Trinajstić information content (AvgIpc) is 2.78. The Balaban J connectivity index is 1.88. The number of nitrogens with one attached hydrogen (secondary N) is 1. The van der Waals surface area contributed by atoms with Gasteiger partial charge in [-0.1, -0.05) is 45.0 Å². The Morgan fingerprint density at radius 1 is 1.12 bits per heavy atom. The van der Waals surface area contributed by atoms with Gasteiger partial charge in [-0.3, -0.25) is 9.59 Å². The minimum Gasteiger partial charge on any atom is -0.508 e. The molecule has 1 atom stereocenters. The van der Waals surface area contributed by atoms with Crippen molar-refractivity contribution >= 4 is 17.4 Å². The minimum absolute atomic E-state index is 0.0232.